The molecule has 7 heteroatoms. The molecule has 0 radical (unpaired) electrons. The number of nitrogens with one attached hydrogen (secondary N) is 1. The van der Waals surface area contributed by atoms with Gasteiger partial charge >= 0.3 is 10.2 Å². The fraction of sp³-hybridized carbons (Fsp3) is 0.364. The first-order valence-corrected chi connectivity index (χ1v) is 11.3. The van der Waals surface area contributed by atoms with Gasteiger partial charge in [-0.15, -0.1) is 6.58 Å². The molecular formula is C22H29N3O3S. The van der Waals surface area contributed by atoms with Crippen molar-refractivity contribution in [1.29, 1.82) is 0 Å². The van der Waals surface area contributed by atoms with Crippen molar-refractivity contribution in [2.45, 2.75) is 19.3 Å². The number of benzene rings is 2. The summed E-state index contributed by atoms with van der Waals surface area (Å²) in [4.78, 5) is 2.22. The van der Waals surface area contributed by atoms with Gasteiger partial charge in [-0.1, -0.05) is 24.3 Å². The molecule has 0 fully saturated rings. The van der Waals surface area contributed by atoms with Gasteiger partial charge in [0.2, 0.25) is 0 Å². The average molecular weight is 416 g/mol. The van der Waals surface area contributed by atoms with Crippen LogP contribution in [0.5, 0.6) is 5.75 Å². The molecule has 0 amide bonds. The first kappa shape index (κ1) is 21.2. The monoisotopic (exact) mass is 415 g/mol. The van der Waals surface area contributed by atoms with Crippen LogP contribution in [0.3, 0.4) is 0 Å². The standard InChI is InChI=1S/C22H29N3O3S/c1-3-14-24(2)15-7-8-17-28-21-11-12-22-19(18-21)13-16-25(22)29(26,27)23-20-9-5-4-6-10-20/h3-6,9-12,18,23H,1,7-8,13-17H2,2H3. The van der Waals surface area contributed by atoms with Crippen molar-refractivity contribution in [3.05, 3.63) is 66.7 Å². The van der Waals surface area contributed by atoms with Crippen LogP contribution in [0.2, 0.25) is 0 Å². The summed E-state index contributed by atoms with van der Waals surface area (Å²) in [7, 11) is -1.57. The van der Waals surface area contributed by atoms with E-state index in [0.29, 0.717) is 30.9 Å². The Morgan fingerprint density at radius 1 is 1.21 bits per heavy atom. The molecule has 1 aliphatic rings. The van der Waals surface area contributed by atoms with Gasteiger partial charge in [0.25, 0.3) is 0 Å². The maximum Gasteiger partial charge on any atom is 0.323 e. The highest BCUT2D eigenvalue weighted by Crippen LogP contribution is 2.33. The maximum absolute atomic E-state index is 12.8. The lowest BCUT2D eigenvalue weighted by Gasteiger charge is -2.20. The summed E-state index contributed by atoms with van der Waals surface area (Å²) in [5, 5.41) is 0. The molecule has 0 aromatic heterocycles. The number of ether oxygens (including phenoxy) is 1. The van der Waals surface area contributed by atoms with Crippen molar-refractivity contribution in [1.82, 2.24) is 4.90 Å². The van der Waals surface area contributed by atoms with Gasteiger partial charge in [0.1, 0.15) is 5.75 Å². The first-order valence-electron chi connectivity index (χ1n) is 9.90. The number of fused-ring (bicyclic) bond motifs is 1. The van der Waals surface area contributed by atoms with E-state index in [-0.39, 0.29) is 0 Å². The number of para-hydroxylation sites is 1. The Morgan fingerprint density at radius 2 is 2.00 bits per heavy atom. The van der Waals surface area contributed by atoms with Gasteiger partial charge in [0.15, 0.2) is 0 Å². The number of rotatable bonds is 11. The van der Waals surface area contributed by atoms with Crippen molar-refractivity contribution >= 4 is 21.6 Å². The lowest BCUT2D eigenvalue weighted by atomic mass is 10.1. The van der Waals surface area contributed by atoms with Crippen molar-refractivity contribution in [2.24, 2.45) is 0 Å². The van der Waals surface area contributed by atoms with Gasteiger partial charge in [-0.3, -0.25) is 9.03 Å². The van der Waals surface area contributed by atoms with Crippen molar-refractivity contribution in [2.75, 3.05) is 42.3 Å². The van der Waals surface area contributed by atoms with Crippen LogP contribution in [-0.2, 0) is 16.6 Å². The van der Waals surface area contributed by atoms with Gasteiger partial charge in [0, 0.05) is 13.1 Å². The molecular weight excluding hydrogens is 386 g/mol. The largest absolute Gasteiger partial charge is 0.494 e. The van der Waals surface area contributed by atoms with E-state index in [2.05, 4.69) is 23.2 Å². The van der Waals surface area contributed by atoms with E-state index in [0.717, 1.165) is 37.2 Å². The minimum absolute atomic E-state index is 0.427. The molecule has 0 aliphatic carbocycles. The van der Waals surface area contributed by atoms with E-state index >= 15 is 0 Å². The van der Waals surface area contributed by atoms with Gasteiger partial charge < -0.3 is 9.64 Å². The third-order valence-electron chi connectivity index (χ3n) is 4.86. The van der Waals surface area contributed by atoms with Gasteiger partial charge in [-0.05, 0) is 68.8 Å². The molecule has 29 heavy (non-hydrogen) atoms. The lowest BCUT2D eigenvalue weighted by molar-refractivity contribution is 0.287. The van der Waals surface area contributed by atoms with Crippen LogP contribution in [0.4, 0.5) is 11.4 Å². The molecule has 1 aliphatic heterocycles. The molecule has 1 N–H and O–H groups in total. The Balaban J connectivity index is 1.55. The summed E-state index contributed by atoms with van der Waals surface area (Å²) in [5.74, 6) is 0.790. The van der Waals surface area contributed by atoms with Crippen LogP contribution in [0.25, 0.3) is 0 Å². The Hall–Kier alpha value is -2.51. The third-order valence-corrected chi connectivity index (χ3v) is 6.31. The topological polar surface area (TPSA) is 61.9 Å². The minimum Gasteiger partial charge on any atom is -0.494 e. The Labute approximate surface area is 174 Å². The summed E-state index contributed by atoms with van der Waals surface area (Å²) >= 11 is 0. The van der Waals surface area contributed by atoms with Crippen LogP contribution in [0.1, 0.15) is 18.4 Å². The van der Waals surface area contributed by atoms with Crippen LogP contribution < -0.4 is 13.8 Å². The van der Waals surface area contributed by atoms with Crippen LogP contribution in [-0.4, -0.2) is 46.6 Å². The van der Waals surface area contributed by atoms with Crippen LogP contribution >= 0.6 is 0 Å². The molecule has 2 aromatic rings. The fourth-order valence-corrected chi connectivity index (χ4v) is 4.70. The van der Waals surface area contributed by atoms with Crippen LogP contribution in [0.15, 0.2) is 61.2 Å². The summed E-state index contributed by atoms with van der Waals surface area (Å²) in [6.45, 7) is 6.73. The Bertz CT molecular complexity index is 916. The van der Waals surface area contributed by atoms with Gasteiger partial charge in [-0.2, -0.15) is 8.42 Å². The molecule has 3 rings (SSSR count). The summed E-state index contributed by atoms with van der Waals surface area (Å²) < 4.78 is 35.5. The zero-order valence-electron chi connectivity index (χ0n) is 16.9. The molecule has 0 saturated carbocycles. The molecule has 0 atom stereocenters. The SMILES string of the molecule is C=CCN(C)CCCCOc1ccc2c(c1)CCN2S(=O)(=O)Nc1ccccc1. The summed E-state index contributed by atoms with van der Waals surface area (Å²) in [5.41, 5.74) is 2.26. The van der Waals surface area contributed by atoms with Crippen molar-refractivity contribution in [3.8, 4) is 5.75 Å². The Morgan fingerprint density at radius 3 is 2.76 bits per heavy atom. The number of unbranched alkanes of at least 4 members (excludes halogenated alkanes) is 1. The summed E-state index contributed by atoms with van der Waals surface area (Å²) in [6.07, 6.45) is 4.61. The van der Waals surface area contributed by atoms with E-state index < -0.39 is 10.2 Å². The highest BCUT2D eigenvalue weighted by atomic mass is 32.2. The highest BCUT2D eigenvalue weighted by molar-refractivity contribution is 7.94. The van der Waals surface area contributed by atoms with Crippen molar-refractivity contribution < 1.29 is 13.2 Å². The highest BCUT2D eigenvalue weighted by Gasteiger charge is 2.29. The van der Waals surface area contributed by atoms with E-state index in [1.54, 1.807) is 24.3 Å². The average Bonchev–Trinajstić information content (AvgIpc) is 3.12. The third kappa shape index (κ3) is 5.74. The zero-order valence-corrected chi connectivity index (χ0v) is 17.7. The number of hydrogen-bond acceptors (Lipinski definition) is 4. The second-order valence-corrected chi connectivity index (χ2v) is 8.79. The molecule has 6 nitrogen and oxygen atoms in total. The number of hydrogen-bond donors (Lipinski definition) is 1. The molecule has 0 spiro atoms. The predicted molar refractivity (Wildman–Crippen MR) is 119 cm³/mol. The van der Waals surface area contributed by atoms with E-state index in [1.807, 2.05) is 30.3 Å². The lowest BCUT2D eigenvalue weighted by Crippen LogP contribution is -2.34. The molecule has 2 aromatic carbocycles. The van der Waals surface area contributed by atoms with E-state index in [4.69, 9.17) is 4.74 Å². The fourth-order valence-electron chi connectivity index (χ4n) is 3.38. The second kappa shape index (κ2) is 9.80. The molecule has 1 heterocycles. The zero-order chi connectivity index (χ0) is 20.7. The Kier molecular flexibility index (Phi) is 7.17. The quantitative estimate of drug-likeness (QED) is 0.449. The first-order chi connectivity index (χ1) is 14.0. The molecule has 156 valence electrons. The molecule has 0 unspecified atom stereocenters. The predicted octanol–water partition coefficient (Wildman–Crippen LogP) is 3.68. The maximum atomic E-state index is 12.8. The summed E-state index contributed by atoms with van der Waals surface area (Å²) in [6, 6.07) is 14.6. The normalized spacial score (nSPS) is 13.4. The van der Waals surface area contributed by atoms with Gasteiger partial charge in [0.05, 0.1) is 18.0 Å². The van der Waals surface area contributed by atoms with E-state index in [1.165, 1.54) is 4.31 Å². The minimum atomic E-state index is -3.65. The van der Waals surface area contributed by atoms with Gasteiger partial charge in [-0.25, -0.2) is 0 Å². The van der Waals surface area contributed by atoms with Crippen LogP contribution in [0, 0.1) is 0 Å². The smallest absolute Gasteiger partial charge is 0.323 e. The van der Waals surface area contributed by atoms with E-state index in [9.17, 15) is 8.42 Å². The molecule has 0 saturated heterocycles. The number of nitrogens with zero attached hydrogens (tertiary/aromatic N) is 2. The number of likely N-dealkylation sites (N-methyl/N-ethyl adjacent to an activating group) is 1. The molecule has 0 bridgehead atoms. The number of anilines is 2. The second-order valence-electron chi connectivity index (χ2n) is 7.19. The van der Waals surface area contributed by atoms with Crippen molar-refractivity contribution in [3.63, 3.8) is 0 Å².